The van der Waals surface area contributed by atoms with Gasteiger partial charge in [0.25, 0.3) is 15.9 Å². The van der Waals surface area contributed by atoms with Crippen molar-refractivity contribution < 1.29 is 13.2 Å². The number of carbonyl (C=O) groups excluding carboxylic acids is 1. The molecule has 2 aromatic carbocycles. The van der Waals surface area contributed by atoms with Crippen molar-refractivity contribution in [3.05, 3.63) is 59.8 Å². The number of carbonyl (C=O) groups is 1. The molecule has 1 aliphatic rings. The molecule has 1 aliphatic heterocycles. The Hall–Kier alpha value is -3.00. The van der Waals surface area contributed by atoms with Crippen LogP contribution in [0, 0.1) is 6.92 Å². The number of amides is 1. The van der Waals surface area contributed by atoms with Gasteiger partial charge in [-0.05, 0) is 31.2 Å². The van der Waals surface area contributed by atoms with E-state index < -0.39 is 15.9 Å². The second-order valence-electron chi connectivity index (χ2n) is 5.53. The van der Waals surface area contributed by atoms with Crippen LogP contribution in [-0.2, 0) is 10.0 Å². The van der Waals surface area contributed by atoms with Gasteiger partial charge < -0.3 is 0 Å². The van der Waals surface area contributed by atoms with Gasteiger partial charge in [-0.1, -0.05) is 29.0 Å². The summed E-state index contributed by atoms with van der Waals surface area (Å²) < 4.78 is 27.3. The Bertz CT molecular complexity index is 1090. The van der Waals surface area contributed by atoms with Gasteiger partial charge >= 0.3 is 0 Å². The zero-order chi connectivity index (χ0) is 16.9. The summed E-state index contributed by atoms with van der Waals surface area (Å²) in [7, 11) is -3.80. The van der Waals surface area contributed by atoms with E-state index in [9.17, 15) is 13.2 Å². The normalized spacial score (nSPS) is 15.1. The highest BCUT2D eigenvalue weighted by atomic mass is 32.2. The van der Waals surface area contributed by atoms with E-state index in [1.54, 1.807) is 12.3 Å². The fraction of sp³-hybridized carbons (Fsp3) is 0.0625. The molecule has 3 aromatic rings. The van der Waals surface area contributed by atoms with Gasteiger partial charge in [0, 0.05) is 5.56 Å². The molecule has 7 nitrogen and oxygen atoms in total. The van der Waals surface area contributed by atoms with Crippen LogP contribution in [0.15, 0.2) is 53.6 Å². The lowest BCUT2D eigenvalue weighted by molar-refractivity contribution is 0.0985. The fourth-order valence-corrected chi connectivity index (χ4v) is 3.81. The van der Waals surface area contributed by atoms with Gasteiger partial charge in [0.05, 0.1) is 17.4 Å². The van der Waals surface area contributed by atoms with Crippen molar-refractivity contribution in [3.8, 4) is 16.9 Å². The highest BCUT2D eigenvalue weighted by Crippen LogP contribution is 2.25. The minimum Gasteiger partial charge on any atom is -0.268 e. The van der Waals surface area contributed by atoms with Crippen LogP contribution in [0.1, 0.15) is 15.9 Å². The van der Waals surface area contributed by atoms with Crippen LogP contribution in [0.25, 0.3) is 16.9 Å². The Morgan fingerprint density at radius 2 is 1.96 bits per heavy atom. The van der Waals surface area contributed by atoms with Gasteiger partial charge in [-0.25, -0.2) is 17.8 Å². The van der Waals surface area contributed by atoms with Crippen LogP contribution >= 0.6 is 0 Å². The van der Waals surface area contributed by atoms with Crippen molar-refractivity contribution in [1.29, 1.82) is 0 Å². The first-order chi connectivity index (χ1) is 11.4. The molecule has 0 aliphatic carbocycles. The Morgan fingerprint density at radius 1 is 1.12 bits per heavy atom. The van der Waals surface area contributed by atoms with Crippen LogP contribution in [0.3, 0.4) is 0 Å². The molecule has 1 N–H and O–H groups in total. The monoisotopic (exact) mass is 340 g/mol. The van der Waals surface area contributed by atoms with Crippen molar-refractivity contribution >= 4 is 15.9 Å². The third-order valence-corrected chi connectivity index (χ3v) is 5.17. The van der Waals surface area contributed by atoms with Crippen LogP contribution in [0.2, 0.25) is 0 Å². The Balaban J connectivity index is 1.78. The molecule has 0 radical (unpaired) electrons. The maximum absolute atomic E-state index is 11.9. The molecule has 120 valence electrons. The van der Waals surface area contributed by atoms with Crippen molar-refractivity contribution in [2.24, 2.45) is 0 Å². The molecule has 24 heavy (non-hydrogen) atoms. The average Bonchev–Trinajstić information content (AvgIpc) is 3.11. The minimum absolute atomic E-state index is 0.0439. The second kappa shape index (κ2) is 5.00. The van der Waals surface area contributed by atoms with Gasteiger partial charge in [0.1, 0.15) is 10.6 Å². The van der Waals surface area contributed by atoms with E-state index in [2.05, 4.69) is 10.3 Å². The predicted octanol–water partition coefficient (Wildman–Crippen LogP) is 1.67. The SMILES string of the molecule is Cc1cccc(-c2cn(-c3ccc4c(c3)S(=O)(=O)NC4=O)nn2)c1. The summed E-state index contributed by atoms with van der Waals surface area (Å²) in [5.41, 5.74) is 3.36. The summed E-state index contributed by atoms with van der Waals surface area (Å²) in [5, 5.41) is 8.18. The lowest BCUT2D eigenvalue weighted by atomic mass is 10.1. The number of hydrogen-bond donors (Lipinski definition) is 1. The average molecular weight is 340 g/mol. The number of hydrogen-bond acceptors (Lipinski definition) is 5. The molecule has 0 spiro atoms. The number of rotatable bonds is 2. The van der Waals surface area contributed by atoms with Gasteiger partial charge in [0.2, 0.25) is 0 Å². The first-order valence-corrected chi connectivity index (χ1v) is 8.63. The lowest BCUT2D eigenvalue weighted by Gasteiger charge is -2.02. The minimum atomic E-state index is -3.80. The maximum Gasteiger partial charge on any atom is 0.266 e. The zero-order valence-electron chi connectivity index (χ0n) is 12.6. The number of sulfonamides is 1. The van der Waals surface area contributed by atoms with E-state index in [4.69, 9.17) is 0 Å². The smallest absolute Gasteiger partial charge is 0.266 e. The van der Waals surface area contributed by atoms with Gasteiger partial charge in [0.15, 0.2) is 0 Å². The molecule has 2 heterocycles. The number of aryl methyl sites for hydroxylation is 1. The molecule has 0 saturated carbocycles. The van der Waals surface area contributed by atoms with E-state index >= 15 is 0 Å². The topological polar surface area (TPSA) is 94.0 Å². The predicted molar refractivity (Wildman–Crippen MR) is 86.2 cm³/mol. The molecule has 4 rings (SSSR count). The first kappa shape index (κ1) is 14.6. The summed E-state index contributed by atoms with van der Waals surface area (Å²) in [6.07, 6.45) is 1.72. The molecule has 8 heteroatoms. The Morgan fingerprint density at radius 3 is 2.75 bits per heavy atom. The molecule has 0 atom stereocenters. The standard InChI is InChI=1S/C16H12N4O3S/c1-10-3-2-4-11(7-10)14-9-20(19-17-14)12-5-6-13-15(8-12)24(22,23)18-16(13)21/h2-9H,1H3,(H,18,21). The molecular weight excluding hydrogens is 328 g/mol. The largest absolute Gasteiger partial charge is 0.268 e. The Kier molecular flexibility index (Phi) is 3.04. The summed E-state index contributed by atoms with van der Waals surface area (Å²) in [6.45, 7) is 1.99. The third kappa shape index (κ3) is 2.28. The van der Waals surface area contributed by atoms with E-state index in [0.29, 0.717) is 11.4 Å². The number of aromatic nitrogens is 3. The van der Waals surface area contributed by atoms with Crippen LogP contribution in [-0.4, -0.2) is 29.3 Å². The number of fused-ring (bicyclic) bond motifs is 1. The molecule has 0 bridgehead atoms. The van der Waals surface area contributed by atoms with Gasteiger partial charge in [-0.2, -0.15) is 0 Å². The van der Waals surface area contributed by atoms with E-state index in [1.807, 2.05) is 35.9 Å². The molecule has 1 amide bonds. The zero-order valence-corrected chi connectivity index (χ0v) is 13.4. The van der Waals surface area contributed by atoms with Crippen molar-refractivity contribution in [2.75, 3.05) is 0 Å². The van der Waals surface area contributed by atoms with Crippen LogP contribution in [0.4, 0.5) is 0 Å². The molecule has 1 aromatic heterocycles. The van der Waals surface area contributed by atoms with Crippen LogP contribution in [0.5, 0.6) is 0 Å². The highest BCUT2D eigenvalue weighted by Gasteiger charge is 2.32. The number of nitrogens with zero attached hydrogens (tertiary/aromatic N) is 3. The highest BCUT2D eigenvalue weighted by molar-refractivity contribution is 7.90. The van der Waals surface area contributed by atoms with Gasteiger partial charge in [-0.3, -0.25) is 4.79 Å². The fourth-order valence-electron chi connectivity index (χ4n) is 2.62. The Labute approximate surface area is 138 Å². The van der Waals surface area contributed by atoms with Crippen molar-refractivity contribution in [2.45, 2.75) is 11.8 Å². The first-order valence-electron chi connectivity index (χ1n) is 7.15. The third-order valence-electron chi connectivity index (χ3n) is 3.80. The summed E-state index contributed by atoms with van der Waals surface area (Å²) in [5.74, 6) is -0.615. The second-order valence-corrected chi connectivity index (χ2v) is 7.18. The van der Waals surface area contributed by atoms with Crippen molar-refractivity contribution in [1.82, 2.24) is 19.7 Å². The lowest BCUT2D eigenvalue weighted by Crippen LogP contribution is -2.20. The van der Waals surface area contributed by atoms with E-state index in [-0.39, 0.29) is 10.5 Å². The molecular formula is C16H12N4O3S. The maximum atomic E-state index is 11.9. The van der Waals surface area contributed by atoms with Gasteiger partial charge in [-0.15, -0.1) is 5.10 Å². The van der Waals surface area contributed by atoms with Crippen LogP contribution < -0.4 is 4.72 Å². The van der Waals surface area contributed by atoms with E-state index in [0.717, 1.165) is 11.1 Å². The summed E-state index contributed by atoms with van der Waals surface area (Å²) >= 11 is 0. The number of benzene rings is 2. The van der Waals surface area contributed by atoms with E-state index in [1.165, 1.54) is 16.8 Å². The van der Waals surface area contributed by atoms with Crippen molar-refractivity contribution in [3.63, 3.8) is 0 Å². The molecule has 0 unspecified atom stereocenters. The quantitative estimate of drug-likeness (QED) is 0.766. The molecule has 0 fully saturated rings. The molecule has 0 saturated heterocycles. The number of nitrogens with one attached hydrogen (secondary N) is 1. The summed E-state index contributed by atoms with van der Waals surface area (Å²) in [6, 6.07) is 12.4. The summed E-state index contributed by atoms with van der Waals surface area (Å²) in [4.78, 5) is 11.6.